The highest BCUT2D eigenvalue weighted by molar-refractivity contribution is 6.09. The van der Waals surface area contributed by atoms with E-state index in [0.717, 1.165) is 5.71 Å². The summed E-state index contributed by atoms with van der Waals surface area (Å²) >= 11 is 0. The van der Waals surface area contributed by atoms with Crippen molar-refractivity contribution in [1.29, 1.82) is 0 Å². The van der Waals surface area contributed by atoms with Crippen LogP contribution in [0, 0.1) is 0 Å². The van der Waals surface area contributed by atoms with E-state index in [2.05, 4.69) is 80.6 Å². The van der Waals surface area contributed by atoms with Gasteiger partial charge in [-0.05, 0) is 30.2 Å². The molecule has 104 valence electrons. The third-order valence-corrected chi connectivity index (χ3v) is 3.85. The smallest absolute Gasteiger partial charge is 0.0724 e. The number of hydrogen-bond donors (Lipinski definition) is 0. The van der Waals surface area contributed by atoms with Gasteiger partial charge in [0.15, 0.2) is 0 Å². The van der Waals surface area contributed by atoms with E-state index >= 15 is 0 Å². The largest absolute Gasteiger partial charge is 0.282 e. The van der Waals surface area contributed by atoms with Gasteiger partial charge in [0, 0.05) is 11.3 Å². The molecule has 0 aliphatic heterocycles. The molecular weight excluding hydrogens is 254 g/mol. The quantitative estimate of drug-likeness (QED) is 0.566. The number of hydrogen-bond acceptors (Lipinski definition) is 1. The molecule has 0 unspecified atom stereocenters. The van der Waals surface area contributed by atoms with Gasteiger partial charge in [-0.1, -0.05) is 72.8 Å². The topological polar surface area (TPSA) is 12.4 Å². The van der Waals surface area contributed by atoms with Crippen molar-refractivity contribution in [2.75, 3.05) is 0 Å². The molecule has 1 atom stereocenters. The molecule has 0 saturated carbocycles. The van der Waals surface area contributed by atoms with Crippen molar-refractivity contribution < 1.29 is 0 Å². The number of rotatable bonds is 3. The molecule has 0 radical (unpaired) electrons. The van der Waals surface area contributed by atoms with Gasteiger partial charge >= 0.3 is 0 Å². The fourth-order valence-corrected chi connectivity index (χ4v) is 2.71. The molecule has 0 fully saturated rings. The summed E-state index contributed by atoms with van der Waals surface area (Å²) in [5.41, 5.74) is 3.55. The van der Waals surface area contributed by atoms with E-state index in [4.69, 9.17) is 4.99 Å². The number of aliphatic imine (C=N–C) groups is 1. The van der Waals surface area contributed by atoms with Crippen molar-refractivity contribution in [1.82, 2.24) is 0 Å². The van der Waals surface area contributed by atoms with Gasteiger partial charge in [0.2, 0.25) is 0 Å². The number of fused-ring (bicyclic) bond motifs is 1. The zero-order chi connectivity index (χ0) is 14.7. The van der Waals surface area contributed by atoms with Crippen molar-refractivity contribution in [3.05, 3.63) is 83.9 Å². The molecule has 3 aromatic carbocycles. The van der Waals surface area contributed by atoms with Gasteiger partial charge < -0.3 is 0 Å². The molecular formula is C20H19N. The summed E-state index contributed by atoms with van der Waals surface area (Å²) in [6.07, 6.45) is 0. The highest BCUT2D eigenvalue weighted by Crippen LogP contribution is 2.22. The monoisotopic (exact) mass is 273 g/mol. The van der Waals surface area contributed by atoms with Gasteiger partial charge in [-0.15, -0.1) is 0 Å². The summed E-state index contributed by atoms with van der Waals surface area (Å²) in [5, 5.41) is 2.53. The molecule has 21 heavy (non-hydrogen) atoms. The molecule has 0 saturated heterocycles. The number of benzene rings is 3. The standard InChI is InChI=1S/C20H19N/c1-15(17-9-4-3-5-10-17)21-16(2)19-14-8-12-18-11-6-7-13-20(18)19/h3-15H,1-2H3/t15-/m1/s1. The van der Waals surface area contributed by atoms with Crippen LogP contribution >= 0.6 is 0 Å². The normalized spacial score (nSPS) is 13.3. The third-order valence-electron chi connectivity index (χ3n) is 3.85. The fourth-order valence-electron chi connectivity index (χ4n) is 2.71. The molecule has 1 heteroatoms. The molecule has 3 rings (SSSR count). The Bertz CT molecular complexity index is 767. The summed E-state index contributed by atoms with van der Waals surface area (Å²) in [5.74, 6) is 0. The molecule has 3 aromatic rings. The van der Waals surface area contributed by atoms with Crippen molar-refractivity contribution in [3.8, 4) is 0 Å². The maximum Gasteiger partial charge on any atom is 0.0724 e. The second-order valence-electron chi connectivity index (χ2n) is 5.33. The molecule has 0 amide bonds. The molecule has 0 spiro atoms. The Kier molecular flexibility index (Phi) is 3.83. The minimum absolute atomic E-state index is 0.171. The van der Waals surface area contributed by atoms with E-state index in [0.29, 0.717) is 0 Å². The first kappa shape index (κ1) is 13.6. The Balaban J connectivity index is 2.00. The van der Waals surface area contributed by atoms with Gasteiger partial charge in [-0.2, -0.15) is 0 Å². The molecule has 0 N–H and O–H groups in total. The summed E-state index contributed by atoms with van der Waals surface area (Å²) in [6.45, 7) is 4.24. The highest BCUT2D eigenvalue weighted by Gasteiger charge is 2.07. The summed E-state index contributed by atoms with van der Waals surface area (Å²) in [7, 11) is 0. The molecule has 1 nitrogen and oxygen atoms in total. The number of nitrogens with zero attached hydrogens (tertiary/aromatic N) is 1. The van der Waals surface area contributed by atoms with E-state index in [1.165, 1.54) is 21.9 Å². The van der Waals surface area contributed by atoms with E-state index in [1.807, 2.05) is 6.07 Å². The van der Waals surface area contributed by atoms with Gasteiger partial charge in [-0.3, -0.25) is 4.99 Å². The second kappa shape index (κ2) is 5.92. The zero-order valence-corrected chi connectivity index (χ0v) is 12.5. The van der Waals surface area contributed by atoms with Crippen LogP contribution in [-0.2, 0) is 0 Å². The van der Waals surface area contributed by atoms with Crippen LogP contribution in [-0.4, -0.2) is 5.71 Å². The lowest BCUT2D eigenvalue weighted by Crippen LogP contribution is -2.00. The lowest BCUT2D eigenvalue weighted by molar-refractivity contribution is 0.820. The average molecular weight is 273 g/mol. The Morgan fingerprint density at radius 2 is 1.48 bits per heavy atom. The summed E-state index contributed by atoms with van der Waals surface area (Å²) in [4.78, 5) is 4.88. The first-order chi connectivity index (χ1) is 10.3. The van der Waals surface area contributed by atoms with E-state index in [-0.39, 0.29) is 6.04 Å². The first-order valence-corrected chi connectivity index (χ1v) is 7.33. The third kappa shape index (κ3) is 2.87. The van der Waals surface area contributed by atoms with E-state index < -0.39 is 0 Å². The zero-order valence-electron chi connectivity index (χ0n) is 12.5. The predicted octanol–water partition coefficient (Wildman–Crippen LogP) is 5.41. The Hall–Kier alpha value is -2.41. The van der Waals surface area contributed by atoms with Crippen LogP contribution in [0.2, 0.25) is 0 Å². The highest BCUT2D eigenvalue weighted by atomic mass is 14.8. The van der Waals surface area contributed by atoms with Crippen molar-refractivity contribution in [2.24, 2.45) is 4.99 Å². The molecule has 0 aromatic heterocycles. The van der Waals surface area contributed by atoms with Crippen LogP contribution in [0.4, 0.5) is 0 Å². The van der Waals surface area contributed by atoms with Gasteiger partial charge in [-0.25, -0.2) is 0 Å². The lowest BCUT2D eigenvalue weighted by atomic mass is 10.0. The molecule has 0 aliphatic rings. The maximum atomic E-state index is 4.88. The van der Waals surface area contributed by atoms with Crippen LogP contribution in [0.15, 0.2) is 77.8 Å². The fraction of sp³-hybridized carbons (Fsp3) is 0.150. The maximum absolute atomic E-state index is 4.88. The summed E-state index contributed by atoms with van der Waals surface area (Å²) in [6, 6.07) is 25.5. The van der Waals surface area contributed by atoms with Crippen LogP contribution in [0.1, 0.15) is 31.0 Å². The Morgan fingerprint density at radius 3 is 2.29 bits per heavy atom. The van der Waals surface area contributed by atoms with Gasteiger partial charge in [0.25, 0.3) is 0 Å². The Labute approximate surface area is 126 Å². The summed E-state index contributed by atoms with van der Waals surface area (Å²) < 4.78 is 0. The predicted molar refractivity (Wildman–Crippen MR) is 91.0 cm³/mol. The van der Waals surface area contributed by atoms with Crippen LogP contribution in [0.25, 0.3) is 10.8 Å². The van der Waals surface area contributed by atoms with Crippen molar-refractivity contribution in [2.45, 2.75) is 19.9 Å². The SMILES string of the molecule is CC(=N[C@H](C)c1ccccc1)c1cccc2ccccc12. The average Bonchev–Trinajstić information content (AvgIpc) is 2.55. The van der Waals surface area contributed by atoms with Crippen LogP contribution < -0.4 is 0 Å². The molecule has 0 bridgehead atoms. The van der Waals surface area contributed by atoms with Crippen LogP contribution in [0.3, 0.4) is 0 Å². The lowest BCUT2D eigenvalue weighted by Gasteiger charge is -2.11. The second-order valence-corrected chi connectivity index (χ2v) is 5.33. The van der Waals surface area contributed by atoms with Crippen LogP contribution in [0.5, 0.6) is 0 Å². The Morgan fingerprint density at radius 1 is 0.810 bits per heavy atom. The minimum Gasteiger partial charge on any atom is -0.282 e. The first-order valence-electron chi connectivity index (χ1n) is 7.33. The molecule has 0 heterocycles. The van der Waals surface area contributed by atoms with E-state index in [1.54, 1.807) is 0 Å². The minimum atomic E-state index is 0.171. The van der Waals surface area contributed by atoms with Gasteiger partial charge in [0.05, 0.1) is 6.04 Å². The van der Waals surface area contributed by atoms with Gasteiger partial charge in [0.1, 0.15) is 0 Å². The molecule has 0 aliphatic carbocycles. The van der Waals surface area contributed by atoms with Crippen molar-refractivity contribution in [3.63, 3.8) is 0 Å². The van der Waals surface area contributed by atoms with E-state index in [9.17, 15) is 0 Å². The van der Waals surface area contributed by atoms with Crippen molar-refractivity contribution >= 4 is 16.5 Å².